The number of hydrogen-bond donors (Lipinski definition) is 2. The Bertz CT molecular complexity index is 649. The van der Waals surface area contributed by atoms with Gasteiger partial charge in [-0.15, -0.1) is 0 Å². The molecule has 21 heavy (non-hydrogen) atoms. The third kappa shape index (κ3) is 3.33. The van der Waals surface area contributed by atoms with Gasteiger partial charge in [0.25, 0.3) is 0 Å². The molecule has 0 fully saturated rings. The van der Waals surface area contributed by atoms with E-state index in [4.69, 9.17) is 5.84 Å². The smallest absolute Gasteiger partial charge is 0.132 e. The van der Waals surface area contributed by atoms with Crippen molar-refractivity contribution in [3.63, 3.8) is 0 Å². The van der Waals surface area contributed by atoms with Crippen molar-refractivity contribution in [1.82, 2.24) is 15.2 Å². The summed E-state index contributed by atoms with van der Waals surface area (Å²) in [5.74, 6) is 4.19. The maximum atomic E-state index is 14.1. The minimum atomic E-state index is -0.704. The number of nitrogens with zero attached hydrogens (tertiary/aromatic N) is 2. The van der Waals surface area contributed by atoms with Crippen LogP contribution in [0.2, 0.25) is 0 Å². The number of hydrogen-bond acceptors (Lipinski definition) is 3. The summed E-state index contributed by atoms with van der Waals surface area (Å²) in [6, 6.07) is 1.72. The Balaban J connectivity index is 2.41. The number of aromatic nitrogens is 2. The van der Waals surface area contributed by atoms with Crippen LogP contribution in [0.5, 0.6) is 0 Å². The highest BCUT2D eigenvalue weighted by molar-refractivity contribution is 9.10. The lowest BCUT2D eigenvalue weighted by molar-refractivity contribution is 0.463. The largest absolute Gasteiger partial charge is 0.271 e. The first-order valence-corrected chi connectivity index (χ1v) is 7.72. The van der Waals surface area contributed by atoms with Crippen LogP contribution in [-0.4, -0.2) is 9.78 Å². The standard InChI is InChI=1S/C13H14Br2F2N4/c1-6-13(15)11(21(2)20-6)5-10(19-18)12-8(16)3-7(14)4-9(12)17/h3-4,10,19H,5,18H2,1-2H3. The third-order valence-corrected chi connectivity index (χ3v) is 4.74. The second kappa shape index (κ2) is 6.51. The average molecular weight is 424 g/mol. The van der Waals surface area contributed by atoms with Crippen molar-refractivity contribution in [2.45, 2.75) is 19.4 Å². The topological polar surface area (TPSA) is 55.9 Å². The van der Waals surface area contributed by atoms with E-state index >= 15 is 0 Å². The summed E-state index contributed by atoms with van der Waals surface area (Å²) in [6.07, 6.45) is 0.296. The van der Waals surface area contributed by atoms with Crippen LogP contribution in [0.15, 0.2) is 21.1 Å². The fourth-order valence-electron chi connectivity index (χ4n) is 2.23. The summed E-state index contributed by atoms with van der Waals surface area (Å²) in [5.41, 5.74) is 3.99. The van der Waals surface area contributed by atoms with Crippen LogP contribution in [0.3, 0.4) is 0 Å². The number of halogens is 4. The zero-order chi connectivity index (χ0) is 15.7. The number of nitrogens with one attached hydrogen (secondary N) is 1. The number of benzene rings is 1. The monoisotopic (exact) mass is 422 g/mol. The van der Waals surface area contributed by atoms with Crippen LogP contribution < -0.4 is 11.3 Å². The van der Waals surface area contributed by atoms with E-state index in [1.54, 1.807) is 11.7 Å². The van der Waals surface area contributed by atoms with Crippen LogP contribution in [-0.2, 0) is 13.5 Å². The SMILES string of the molecule is Cc1nn(C)c(CC(NN)c2c(F)cc(Br)cc2F)c1Br. The van der Waals surface area contributed by atoms with E-state index < -0.39 is 17.7 Å². The minimum Gasteiger partial charge on any atom is -0.271 e. The van der Waals surface area contributed by atoms with Gasteiger partial charge in [-0.3, -0.25) is 16.0 Å². The lowest BCUT2D eigenvalue weighted by atomic mass is 10.0. The van der Waals surface area contributed by atoms with E-state index in [0.29, 0.717) is 10.9 Å². The predicted molar refractivity (Wildman–Crippen MR) is 83.5 cm³/mol. The molecule has 1 unspecified atom stereocenters. The van der Waals surface area contributed by atoms with Crippen molar-refractivity contribution in [2.24, 2.45) is 12.9 Å². The molecule has 4 nitrogen and oxygen atoms in total. The van der Waals surface area contributed by atoms with Gasteiger partial charge in [0, 0.05) is 23.5 Å². The van der Waals surface area contributed by atoms with Gasteiger partial charge in [-0.25, -0.2) is 8.78 Å². The van der Waals surface area contributed by atoms with Gasteiger partial charge in [-0.1, -0.05) is 15.9 Å². The molecule has 0 aliphatic rings. The zero-order valence-corrected chi connectivity index (χ0v) is 14.6. The molecule has 0 bridgehead atoms. The Hall–Kier alpha value is -0.830. The van der Waals surface area contributed by atoms with Gasteiger partial charge < -0.3 is 0 Å². The first-order valence-electron chi connectivity index (χ1n) is 6.13. The van der Waals surface area contributed by atoms with Crippen LogP contribution in [0.4, 0.5) is 8.78 Å². The first kappa shape index (κ1) is 16.5. The van der Waals surface area contributed by atoms with E-state index in [2.05, 4.69) is 42.4 Å². The lowest BCUT2D eigenvalue weighted by Gasteiger charge is -2.18. The van der Waals surface area contributed by atoms with Crippen molar-refractivity contribution in [3.05, 3.63) is 49.7 Å². The van der Waals surface area contributed by atoms with Crippen LogP contribution in [0.1, 0.15) is 23.0 Å². The molecule has 1 aromatic heterocycles. The molecular formula is C13H14Br2F2N4. The molecule has 0 spiro atoms. The summed E-state index contributed by atoms with van der Waals surface area (Å²) in [7, 11) is 1.77. The fraction of sp³-hybridized carbons (Fsp3) is 0.308. The molecule has 1 atom stereocenters. The van der Waals surface area contributed by atoms with E-state index in [1.165, 1.54) is 12.1 Å². The van der Waals surface area contributed by atoms with E-state index in [1.807, 2.05) is 6.92 Å². The molecule has 0 amide bonds. The molecule has 1 heterocycles. The average Bonchev–Trinajstić information content (AvgIpc) is 2.62. The van der Waals surface area contributed by atoms with Crippen molar-refractivity contribution in [1.29, 1.82) is 0 Å². The molecule has 0 aliphatic carbocycles. The summed E-state index contributed by atoms with van der Waals surface area (Å²) in [6.45, 7) is 1.85. The lowest BCUT2D eigenvalue weighted by Crippen LogP contribution is -2.31. The van der Waals surface area contributed by atoms with E-state index in [9.17, 15) is 8.78 Å². The van der Waals surface area contributed by atoms with Gasteiger partial charge in [0.15, 0.2) is 0 Å². The normalized spacial score (nSPS) is 12.7. The molecule has 0 aliphatic heterocycles. The molecule has 3 N–H and O–H groups in total. The van der Waals surface area contributed by atoms with Gasteiger partial charge in [-0.2, -0.15) is 5.10 Å². The Morgan fingerprint density at radius 2 is 1.90 bits per heavy atom. The molecule has 114 valence electrons. The Morgan fingerprint density at radius 3 is 2.33 bits per heavy atom. The molecule has 8 heteroatoms. The van der Waals surface area contributed by atoms with Gasteiger partial charge in [0.2, 0.25) is 0 Å². The molecule has 0 saturated carbocycles. The fourth-order valence-corrected chi connectivity index (χ4v) is 3.13. The van der Waals surface area contributed by atoms with Gasteiger partial charge in [-0.05, 0) is 35.0 Å². The van der Waals surface area contributed by atoms with Crippen molar-refractivity contribution in [2.75, 3.05) is 0 Å². The number of rotatable bonds is 4. The van der Waals surface area contributed by atoms with Gasteiger partial charge in [0.05, 0.1) is 21.9 Å². The van der Waals surface area contributed by atoms with E-state index in [-0.39, 0.29) is 5.56 Å². The van der Waals surface area contributed by atoms with Gasteiger partial charge in [0.1, 0.15) is 11.6 Å². The molecule has 1 aromatic carbocycles. The summed E-state index contributed by atoms with van der Waals surface area (Å²) in [4.78, 5) is 0. The van der Waals surface area contributed by atoms with Crippen molar-refractivity contribution < 1.29 is 8.78 Å². The summed E-state index contributed by atoms with van der Waals surface area (Å²) in [5, 5.41) is 4.26. The van der Waals surface area contributed by atoms with Crippen LogP contribution in [0.25, 0.3) is 0 Å². The number of aryl methyl sites for hydroxylation is 2. The Labute approximate surface area is 137 Å². The Kier molecular flexibility index (Phi) is 5.13. The maximum absolute atomic E-state index is 14.1. The maximum Gasteiger partial charge on any atom is 0.132 e. The highest BCUT2D eigenvalue weighted by Gasteiger charge is 2.23. The number of hydrazine groups is 1. The summed E-state index contributed by atoms with van der Waals surface area (Å²) >= 11 is 6.49. The Morgan fingerprint density at radius 1 is 1.33 bits per heavy atom. The second-order valence-electron chi connectivity index (χ2n) is 4.68. The summed E-state index contributed by atoms with van der Waals surface area (Å²) < 4.78 is 30.9. The zero-order valence-electron chi connectivity index (χ0n) is 11.4. The molecule has 2 rings (SSSR count). The second-order valence-corrected chi connectivity index (χ2v) is 6.38. The first-order chi connectivity index (χ1) is 9.85. The predicted octanol–water partition coefficient (Wildman–Crippen LogP) is 3.28. The van der Waals surface area contributed by atoms with Crippen LogP contribution >= 0.6 is 31.9 Å². The van der Waals surface area contributed by atoms with Crippen LogP contribution in [0, 0.1) is 18.6 Å². The highest BCUT2D eigenvalue weighted by atomic mass is 79.9. The number of nitrogens with two attached hydrogens (primary N) is 1. The quantitative estimate of drug-likeness (QED) is 0.586. The van der Waals surface area contributed by atoms with E-state index in [0.717, 1.165) is 15.9 Å². The van der Waals surface area contributed by atoms with Crippen molar-refractivity contribution >= 4 is 31.9 Å². The molecule has 0 saturated heterocycles. The van der Waals surface area contributed by atoms with Gasteiger partial charge >= 0.3 is 0 Å². The van der Waals surface area contributed by atoms with Crippen molar-refractivity contribution in [3.8, 4) is 0 Å². The molecule has 2 aromatic rings. The minimum absolute atomic E-state index is 0.0912. The third-order valence-electron chi connectivity index (χ3n) is 3.25. The molecule has 0 radical (unpaired) electrons. The highest BCUT2D eigenvalue weighted by Crippen LogP contribution is 2.29. The molecular weight excluding hydrogens is 410 g/mol.